The number of rotatable bonds is 8. The van der Waals surface area contributed by atoms with Gasteiger partial charge < -0.3 is 20.9 Å². The highest BCUT2D eigenvalue weighted by Crippen LogP contribution is 1.99. The molecule has 1 rings (SSSR count). The molecule has 0 fully saturated rings. The molecule has 0 aromatic carbocycles. The lowest BCUT2D eigenvalue weighted by Gasteiger charge is -2.08. The van der Waals surface area contributed by atoms with Gasteiger partial charge in [0.1, 0.15) is 12.6 Å². The number of unbranched alkanes of at least 4 members (excludes halogenated alkanes) is 1. The van der Waals surface area contributed by atoms with Crippen LogP contribution in [0.2, 0.25) is 0 Å². The monoisotopic (exact) mass is 281 g/mol. The zero-order chi connectivity index (χ0) is 14.8. The van der Waals surface area contributed by atoms with Crippen LogP contribution in [0.25, 0.3) is 0 Å². The number of carboxylic acid groups (broad SMARTS) is 1. The lowest BCUT2D eigenvalue weighted by atomic mass is 10.1. The summed E-state index contributed by atoms with van der Waals surface area (Å²) >= 11 is 0. The first-order valence-electron chi connectivity index (χ1n) is 6.38. The van der Waals surface area contributed by atoms with Gasteiger partial charge in [-0.1, -0.05) is 6.07 Å². The maximum Gasteiger partial charge on any atom is 0.407 e. The molecule has 0 aliphatic rings. The molecule has 0 spiro atoms. The second-order valence-electron chi connectivity index (χ2n) is 4.26. The van der Waals surface area contributed by atoms with E-state index in [4.69, 9.17) is 15.6 Å². The van der Waals surface area contributed by atoms with Crippen LogP contribution in [0.5, 0.6) is 0 Å². The van der Waals surface area contributed by atoms with E-state index in [1.807, 2.05) is 6.07 Å². The van der Waals surface area contributed by atoms with E-state index in [9.17, 15) is 9.59 Å². The van der Waals surface area contributed by atoms with Crippen molar-refractivity contribution in [3.8, 4) is 0 Å². The number of carbonyl (C=O) groups excluding carboxylic acids is 1. The van der Waals surface area contributed by atoms with Crippen molar-refractivity contribution < 1.29 is 19.4 Å². The molecule has 1 amide bonds. The molecule has 1 aromatic rings. The lowest BCUT2D eigenvalue weighted by Crippen LogP contribution is -2.30. The van der Waals surface area contributed by atoms with Gasteiger partial charge in [-0.2, -0.15) is 0 Å². The molecule has 0 bridgehead atoms. The van der Waals surface area contributed by atoms with E-state index in [1.165, 1.54) is 0 Å². The van der Waals surface area contributed by atoms with Crippen molar-refractivity contribution in [2.45, 2.75) is 31.9 Å². The SMILES string of the molecule is N[C@@H](CCCCNC(=O)OCc1ccccn1)C(=O)O. The molecule has 0 aliphatic carbocycles. The van der Waals surface area contributed by atoms with Gasteiger partial charge in [0, 0.05) is 12.7 Å². The van der Waals surface area contributed by atoms with Gasteiger partial charge in [-0.15, -0.1) is 0 Å². The van der Waals surface area contributed by atoms with Crippen molar-refractivity contribution >= 4 is 12.1 Å². The van der Waals surface area contributed by atoms with Crippen molar-refractivity contribution in [2.75, 3.05) is 6.54 Å². The van der Waals surface area contributed by atoms with Crippen molar-refractivity contribution in [3.63, 3.8) is 0 Å². The summed E-state index contributed by atoms with van der Waals surface area (Å²) in [6.07, 6.45) is 2.79. The Morgan fingerprint density at radius 1 is 1.40 bits per heavy atom. The van der Waals surface area contributed by atoms with E-state index in [0.717, 1.165) is 0 Å². The Morgan fingerprint density at radius 3 is 2.85 bits per heavy atom. The predicted octanol–water partition coefficient (Wildman–Crippen LogP) is 0.890. The van der Waals surface area contributed by atoms with Crippen molar-refractivity contribution in [1.29, 1.82) is 0 Å². The van der Waals surface area contributed by atoms with Gasteiger partial charge in [0.05, 0.1) is 5.69 Å². The Morgan fingerprint density at radius 2 is 2.20 bits per heavy atom. The number of ether oxygens (including phenoxy) is 1. The van der Waals surface area contributed by atoms with Gasteiger partial charge in [0.25, 0.3) is 0 Å². The number of amides is 1. The number of carbonyl (C=O) groups is 2. The number of aliphatic carboxylic acids is 1. The van der Waals surface area contributed by atoms with Crippen LogP contribution >= 0.6 is 0 Å². The van der Waals surface area contributed by atoms with Crippen molar-refractivity contribution in [1.82, 2.24) is 10.3 Å². The highest BCUT2D eigenvalue weighted by molar-refractivity contribution is 5.72. The molecule has 4 N–H and O–H groups in total. The summed E-state index contributed by atoms with van der Waals surface area (Å²) in [6.45, 7) is 0.546. The highest BCUT2D eigenvalue weighted by Gasteiger charge is 2.10. The first kappa shape index (κ1) is 15.9. The molecule has 0 aliphatic heterocycles. The average molecular weight is 281 g/mol. The van der Waals surface area contributed by atoms with Crippen LogP contribution < -0.4 is 11.1 Å². The largest absolute Gasteiger partial charge is 0.480 e. The molecule has 0 saturated heterocycles. The Balaban J connectivity index is 2.05. The fraction of sp³-hybridized carbons (Fsp3) is 0.462. The topological polar surface area (TPSA) is 115 Å². The number of hydrogen-bond donors (Lipinski definition) is 3. The third-order valence-electron chi connectivity index (χ3n) is 2.61. The minimum absolute atomic E-state index is 0.122. The van der Waals surface area contributed by atoms with Crippen molar-refractivity contribution in [2.24, 2.45) is 5.73 Å². The Kier molecular flexibility index (Phi) is 7.05. The van der Waals surface area contributed by atoms with E-state index in [1.54, 1.807) is 18.3 Å². The highest BCUT2D eigenvalue weighted by atomic mass is 16.5. The molecule has 0 saturated carbocycles. The van der Waals surface area contributed by atoms with Crippen LogP contribution in [0.1, 0.15) is 25.0 Å². The smallest absolute Gasteiger partial charge is 0.407 e. The van der Waals surface area contributed by atoms with Crippen LogP contribution in [0.4, 0.5) is 4.79 Å². The minimum Gasteiger partial charge on any atom is -0.480 e. The molecule has 1 atom stereocenters. The summed E-state index contributed by atoms with van der Waals surface area (Å²) < 4.78 is 4.96. The third kappa shape index (κ3) is 6.69. The number of nitrogens with zero attached hydrogens (tertiary/aromatic N) is 1. The second kappa shape index (κ2) is 8.87. The fourth-order valence-corrected chi connectivity index (χ4v) is 1.48. The Labute approximate surface area is 117 Å². The number of alkyl carbamates (subject to hydrolysis) is 1. The zero-order valence-corrected chi connectivity index (χ0v) is 11.1. The minimum atomic E-state index is -1.01. The summed E-state index contributed by atoms with van der Waals surface area (Å²) in [5.74, 6) is -1.01. The molecule has 1 heterocycles. The second-order valence-corrected chi connectivity index (χ2v) is 4.26. The van der Waals surface area contributed by atoms with E-state index >= 15 is 0 Å². The summed E-state index contributed by atoms with van der Waals surface area (Å²) in [4.78, 5) is 25.8. The molecular formula is C13H19N3O4. The summed E-state index contributed by atoms with van der Waals surface area (Å²) in [5, 5.41) is 11.2. The molecule has 0 radical (unpaired) electrons. The summed E-state index contributed by atoms with van der Waals surface area (Å²) in [6, 6.07) is 4.52. The molecule has 7 nitrogen and oxygen atoms in total. The molecule has 0 unspecified atom stereocenters. The number of nitrogens with two attached hydrogens (primary N) is 1. The van der Waals surface area contributed by atoms with Crippen LogP contribution in [0.3, 0.4) is 0 Å². The quantitative estimate of drug-likeness (QED) is 0.610. The van der Waals surface area contributed by atoms with E-state index in [2.05, 4.69) is 10.3 Å². The Bertz CT molecular complexity index is 425. The average Bonchev–Trinajstić information content (AvgIpc) is 2.45. The number of pyridine rings is 1. The maximum atomic E-state index is 11.3. The van der Waals surface area contributed by atoms with Crippen molar-refractivity contribution in [3.05, 3.63) is 30.1 Å². The molecular weight excluding hydrogens is 262 g/mol. The normalized spacial score (nSPS) is 11.7. The predicted molar refractivity (Wildman–Crippen MR) is 71.9 cm³/mol. The first-order chi connectivity index (χ1) is 9.59. The van der Waals surface area contributed by atoms with Crippen LogP contribution in [0, 0.1) is 0 Å². The van der Waals surface area contributed by atoms with Gasteiger partial charge >= 0.3 is 12.1 Å². The fourth-order valence-electron chi connectivity index (χ4n) is 1.48. The van der Waals surface area contributed by atoms with Crippen LogP contribution in [-0.4, -0.2) is 34.7 Å². The van der Waals surface area contributed by atoms with Crippen LogP contribution in [0.15, 0.2) is 24.4 Å². The third-order valence-corrected chi connectivity index (χ3v) is 2.61. The maximum absolute atomic E-state index is 11.3. The van der Waals surface area contributed by atoms with Gasteiger partial charge in [0.2, 0.25) is 0 Å². The van der Waals surface area contributed by atoms with E-state index < -0.39 is 18.1 Å². The Hall–Kier alpha value is -2.15. The van der Waals surface area contributed by atoms with Gasteiger partial charge in [0.15, 0.2) is 0 Å². The van der Waals surface area contributed by atoms with E-state index in [-0.39, 0.29) is 6.61 Å². The molecule has 7 heteroatoms. The number of carboxylic acids is 1. The number of hydrogen-bond acceptors (Lipinski definition) is 5. The summed E-state index contributed by atoms with van der Waals surface area (Å²) in [7, 11) is 0. The molecule has 110 valence electrons. The van der Waals surface area contributed by atoms with E-state index in [0.29, 0.717) is 31.5 Å². The standard InChI is InChI=1S/C13H19N3O4/c14-11(12(17)18)6-2-4-8-16-13(19)20-9-10-5-1-3-7-15-10/h1,3,5,7,11H,2,4,6,8-9,14H2,(H,16,19)(H,17,18)/t11-/m0/s1. The van der Waals surface area contributed by atoms with Gasteiger partial charge in [-0.25, -0.2) is 4.79 Å². The molecule has 1 aromatic heterocycles. The summed E-state index contributed by atoms with van der Waals surface area (Å²) in [5.41, 5.74) is 6.03. The zero-order valence-electron chi connectivity index (χ0n) is 11.1. The van der Waals surface area contributed by atoms with Gasteiger partial charge in [-0.3, -0.25) is 9.78 Å². The van der Waals surface area contributed by atoms with Crippen LogP contribution in [-0.2, 0) is 16.1 Å². The van der Waals surface area contributed by atoms with Gasteiger partial charge in [-0.05, 0) is 31.4 Å². The number of nitrogens with one attached hydrogen (secondary N) is 1. The molecule has 20 heavy (non-hydrogen) atoms. The lowest BCUT2D eigenvalue weighted by molar-refractivity contribution is -0.138. The first-order valence-corrected chi connectivity index (χ1v) is 6.38. The number of aromatic nitrogens is 1.